The second kappa shape index (κ2) is 17.5. The summed E-state index contributed by atoms with van der Waals surface area (Å²) in [5.41, 5.74) is 7.71. The third kappa shape index (κ3) is 12.2. The molecule has 0 unspecified atom stereocenters. The normalized spacial score (nSPS) is 12.5. The number of halogens is 1. The lowest BCUT2D eigenvalue weighted by atomic mass is 10.2. The number of benzene rings is 3. The fourth-order valence-electron chi connectivity index (χ4n) is 2.68. The zero-order chi connectivity index (χ0) is 23.5. The van der Waals surface area contributed by atoms with Gasteiger partial charge in [-0.1, -0.05) is 119 Å². The molecule has 176 valence electrons. The molecule has 0 saturated carbocycles. The largest absolute Gasteiger partial charge is 1.00 e. The highest BCUT2D eigenvalue weighted by molar-refractivity contribution is 5.81. The van der Waals surface area contributed by atoms with Gasteiger partial charge in [0, 0.05) is 12.4 Å². The molecule has 0 aromatic heterocycles. The van der Waals surface area contributed by atoms with E-state index in [1.54, 1.807) is 24.1 Å². The van der Waals surface area contributed by atoms with E-state index < -0.39 is 0 Å². The van der Waals surface area contributed by atoms with Gasteiger partial charge in [0.15, 0.2) is 0 Å². The molecule has 0 spiro atoms. The molecule has 0 atom stereocenters. The van der Waals surface area contributed by atoms with Gasteiger partial charge in [0.05, 0.1) is 6.21 Å². The third-order valence-corrected chi connectivity index (χ3v) is 4.29. The zero-order valence-corrected chi connectivity index (χ0v) is 21.3. The zero-order valence-electron chi connectivity index (χ0n) is 19.1. The molecule has 3 aromatic rings. The average molecular weight is 574 g/mol. The van der Waals surface area contributed by atoms with Gasteiger partial charge < -0.3 is 24.0 Å². The van der Waals surface area contributed by atoms with Crippen LogP contribution in [0, 0.1) is 0 Å². The lowest BCUT2D eigenvalue weighted by Crippen LogP contribution is -3.00. The predicted molar refractivity (Wildman–Crippen MR) is 144 cm³/mol. The highest BCUT2D eigenvalue weighted by atomic mass is 127. The summed E-state index contributed by atoms with van der Waals surface area (Å²) in [6.07, 6.45) is 16.4. The monoisotopic (exact) mass is 574 g/mol. The van der Waals surface area contributed by atoms with Crippen LogP contribution >= 0.6 is 0 Å². The first-order valence-corrected chi connectivity index (χ1v) is 10.8. The van der Waals surface area contributed by atoms with Crippen molar-refractivity contribution in [2.45, 2.75) is 0 Å². The molecule has 0 bridgehead atoms. The lowest BCUT2D eigenvalue weighted by molar-refractivity contribution is -0.549. The number of hydrogen-bond donors (Lipinski definition) is 2. The summed E-state index contributed by atoms with van der Waals surface area (Å²) >= 11 is 0. The number of nitrogens with zero attached hydrogens (tertiary/aromatic N) is 4. The van der Waals surface area contributed by atoms with Crippen molar-refractivity contribution in [1.82, 2.24) is 5.43 Å². The Bertz CT molecular complexity index is 1120. The Hall–Kier alpha value is -3.95. The number of rotatable bonds is 9. The van der Waals surface area contributed by atoms with E-state index in [2.05, 4.69) is 25.8 Å². The molecule has 3 aromatic carbocycles. The fraction of sp³-hybridized carbons (Fsp3) is 0. The Morgan fingerprint density at radius 1 is 0.600 bits per heavy atom. The predicted octanol–water partition coefficient (Wildman–Crippen LogP) is 1.60. The summed E-state index contributed by atoms with van der Waals surface area (Å²) in [7, 11) is 0. The van der Waals surface area contributed by atoms with Gasteiger partial charge in [-0.25, -0.2) is 5.43 Å². The average Bonchev–Trinajstić information content (AvgIpc) is 2.89. The molecule has 6 nitrogen and oxygen atoms in total. The van der Waals surface area contributed by atoms with E-state index in [-0.39, 0.29) is 24.0 Å². The number of allylic oxidation sites excluding steroid dienone is 3. The number of nitrogens with one attached hydrogen (secondary N) is 1. The molecule has 0 radical (unpaired) electrons. The van der Waals surface area contributed by atoms with E-state index in [0.717, 1.165) is 16.7 Å². The smallest absolute Gasteiger partial charge is 0.365 e. The van der Waals surface area contributed by atoms with Crippen LogP contribution in [-0.2, 0) is 0 Å². The Morgan fingerprint density at radius 3 is 1.57 bits per heavy atom. The minimum atomic E-state index is 0. The van der Waals surface area contributed by atoms with Crippen LogP contribution in [0.1, 0.15) is 16.7 Å². The van der Waals surface area contributed by atoms with Crippen LogP contribution in [0.3, 0.4) is 0 Å². The molecule has 0 aliphatic rings. The number of guanidine groups is 1. The van der Waals surface area contributed by atoms with Crippen molar-refractivity contribution in [1.29, 1.82) is 0 Å². The first-order chi connectivity index (χ1) is 16.9. The number of nitrogens with two attached hydrogens (primary N) is 1. The van der Waals surface area contributed by atoms with E-state index in [1.165, 1.54) is 0 Å². The van der Waals surface area contributed by atoms with E-state index in [1.807, 2.05) is 127 Å². The van der Waals surface area contributed by atoms with E-state index in [4.69, 9.17) is 0 Å². The molecule has 0 amide bonds. The van der Waals surface area contributed by atoms with Crippen LogP contribution < -0.4 is 34.8 Å². The summed E-state index contributed by atoms with van der Waals surface area (Å²) in [5.74, 6) is 0.401. The van der Waals surface area contributed by atoms with Gasteiger partial charge >= 0.3 is 5.96 Å². The number of quaternary nitrogens is 1. The van der Waals surface area contributed by atoms with Crippen molar-refractivity contribution in [3.63, 3.8) is 0 Å². The Morgan fingerprint density at radius 2 is 1.06 bits per heavy atom. The minimum absolute atomic E-state index is 0. The maximum Gasteiger partial charge on any atom is 0.365 e. The van der Waals surface area contributed by atoms with Crippen molar-refractivity contribution in [2.75, 3.05) is 0 Å². The minimum Gasteiger partial charge on any atom is -1.00 e. The van der Waals surface area contributed by atoms with Crippen LogP contribution in [0.25, 0.3) is 18.2 Å². The Kier molecular flexibility index (Phi) is 13.7. The van der Waals surface area contributed by atoms with Crippen LogP contribution in [0.5, 0.6) is 0 Å². The lowest BCUT2D eigenvalue weighted by Gasteiger charge is -1.95. The molecular formula is C28H27IN6. The van der Waals surface area contributed by atoms with Gasteiger partial charge in [0.2, 0.25) is 0 Å². The molecule has 0 fully saturated rings. The van der Waals surface area contributed by atoms with E-state index in [0.29, 0.717) is 5.96 Å². The van der Waals surface area contributed by atoms with E-state index >= 15 is 0 Å². The molecule has 0 saturated heterocycles. The van der Waals surface area contributed by atoms with Crippen molar-refractivity contribution >= 4 is 42.8 Å². The van der Waals surface area contributed by atoms with Crippen LogP contribution in [-0.4, -0.2) is 24.6 Å². The number of hydrogen-bond acceptors (Lipinski definition) is 4. The topological polar surface area (TPSA) is 78.1 Å². The van der Waals surface area contributed by atoms with Crippen molar-refractivity contribution in [2.24, 2.45) is 20.4 Å². The molecule has 0 heterocycles. The SMILES string of the molecule is C(/C=C/c1ccccc1)=N/N\C(=N/N=C/C=C/c1ccccc1)[NH2+]/N=C\C=C\c1ccccc1.[I-]. The van der Waals surface area contributed by atoms with Crippen LogP contribution in [0.2, 0.25) is 0 Å². The molecule has 7 heteroatoms. The molecule has 35 heavy (non-hydrogen) atoms. The van der Waals surface area contributed by atoms with Gasteiger partial charge in [-0.15, -0.1) is 0 Å². The van der Waals surface area contributed by atoms with Crippen molar-refractivity contribution in [3.05, 3.63) is 126 Å². The summed E-state index contributed by atoms with van der Waals surface area (Å²) in [4.78, 5) is 0. The number of hydrazone groups is 1. The summed E-state index contributed by atoms with van der Waals surface area (Å²) < 4.78 is 0. The second-order valence-electron chi connectivity index (χ2n) is 6.88. The molecule has 0 aliphatic carbocycles. The van der Waals surface area contributed by atoms with Crippen LogP contribution in [0.15, 0.2) is 130 Å². The summed E-state index contributed by atoms with van der Waals surface area (Å²) in [6.45, 7) is 0. The first-order valence-electron chi connectivity index (χ1n) is 10.8. The molecule has 0 aliphatic heterocycles. The van der Waals surface area contributed by atoms with Gasteiger partial charge in [-0.05, 0) is 34.9 Å². The maximum absolute atomic E-state index is 4.27. The summed E-state index contributed by atoms with van der Waals surface area (Å²) in [6, 6.07) is 30.0. The third-order valence-electron chi connectivity index (χ3n) is 4.29. The Balaban J connectivity index is 0.00000432. The summed E-state index contributed by atoms with van der Waals surface area (Å²) in [5, 5.41) is 16.7. The molecular weight excluding hydrogens is 547 g/mol. The van der Waals surface area contributed by atoms with Gasteiger partial charge in [0.1, 0.15) is 0 Å². The van der Waals surface area contributed by atoms with Crippen LogP contribution in [0.4, 0.5) is 0 Å². The highest BCUT2D eigenvalue weighted by Gasteiger charge is 1.99. The van der Waals surface area contributed by atoms with Gasteiger partial charge in [-0.2, -0.15) is 15.6 Å². The van der Waals surface area contributed by atoms with Gasteiger partial charge in [0.25, 0.3) is 0 Å². The van der Waals surface area contributed by atoms with Crippen molar-refractivity contribution in [3.8, 4) is 0 Å². The van der Waals surface area contributed by atoms with E-state index in [9.17, 15) is 0 Å². The molecule has 3 rings (SSSR count). The first kappa shape index (κ1) is 27.3. The van der Waals surface area contributed by atoms with Crippen molar-refractivity contribution < 1.29 is 29.4 Å². The molecule has 3 N–H and O–H groups in total. The Labute approximate surface area is 223 Å². The quantitative estimate of drug-likeness (QED) is 0.132. The second-order valence-corrected chi connectivity index (χ2v) is 6.88. The fourth-order valence-corrected chi connectivity index (χ4v) is 2.68. The van der Waals surface area contributed by atoms with Gasteiger partial charge in [-0.3, -0.25) is 0 Å². The highest BCUT2D eigenvalue weighted by Crippen LogP contribution is 2.01. The maximum atomic E-state index is 4.27. The standard InChI is InChI=1S/C28H26N6.HI/c1-4-13-25(14-5-1)19-10-22-29-32-28(33-30-23-11-20-26-15-6-2-7-16-26)34-31-24-12-21-27-17-8-3-9-18-27;/h1-24H,(H2,32,33,34);1H/b19-10+,20-11+,21-12+,29-22-,30-23-,31-24+;.